The summed E-state index contributed by atoms with van der Waals surface area (Å²) in [5, 5.41) is 0. The van der Waals surface area contributed by atoms with Crippen molar-refractivity contribution in [2.24, 2.45) is 0 Å². The number of nitrogens with zero attached hydrogens (tertiary/aromatic N) is 1. The van der Waals surface area contributed by atoms with Crippen molar-refractivity contribution in [3.05, 3.63) is 46.3 Å². The molecule has 0 N–H and O–H groups in total. The fraction of sp³-hybridized carbons (Fsp3) is 0.476. The molecule has 4 rings (SSSR count). The highest BCUT2D eigenvalue weighted by molar-refractivity contribution is 7.17. The molecule has 0 bridgehead atoms. The lowest BCUT2D eigenvalue weighted by molar-refractivity contribution is 0.0149. The summed E-state index contributed by atoms with van der Waals surface area (Å²) in [5.74, 6) is 0.207. The summed E-state index contributed by atoms with van der Waals surface area (Å²) in [6, 6.07) is 10.9. The highest BCUT2D eigenvalue weighted by Gasteiger charge is 2.23. The quantitative estimate of drug-likeness (QED) is 0.757. The van der Waals surface area contributed by atoms with Gasteiger partial charge < -0.3 is 9.64 Å². The number of likely N-dealkylation sites (tertiary alicyclic amines) is 1. The maximum Gasteiger partial charge on any atom is 0.264 e. The molecule has 0 spiro atoms. The van der Waals surface area contributed by atoms with Crippen LogP contribution < -0.4 is 0 Å². The molecule has 2 aromatic rings. The Labute approximate surface area is 153 Å². The van der Waals surface area contributed by atoms with E-state index in [9.17, 15) is 4.79 Å². The van der Waals surface area contributed by atoms with Gasteiger partial charge in [0.2, 0.25) is 0 Å². The maximum atomic E-state index is 12.7. The second-order valence-corrected chi connectivity index (χ2v) is 8.15. The second kappa shape index (κ2) is 7.30. The van der Waals surface area contributed by atoms with Crippen molar-refractivity contribution < 1.29 is 9.53 Å². The van der Waals surface area contributed by atoms with Gasteiger partial charge in [0.25, 0.3) is 5.91 Å². The third kappa shape index (κ3) is 3.51. The minimum atomic E-state index is 0.207. The van der Waals surface area contributed by atoms with Gasteiger partial charge in [-0.1, -0.05) is 24.3 Å². The zero-order chi connectivity index (χ0) is 17.2. The van der Waals surface area contributed by atoms with Crippen molar-refractivity contribution in [2.45, 2.75) is 45.1 Å². The molecule has 1 unspecified atom stereocenters. The molecule has 1 aromatic heterocycles. The van der Waals surface area contributed by atoms with Crippen LogP contribution in [0.25, 0.3) is 10.4 Å². The molecule has 3 nitrogen and oxygen atoms in total. The molecule has 25 heavy (non-hydrogen) atoms. The minimum absolute atomic E-state index is 0.207. The number of hydrogen-bond donors (Lipinski definition) is 0. The zero-order valence-electron chi connectivity index (χ0n) is 14.8. The number of aryl methyl sites for hydroxylation is 1. The number of carbonyl (C=O) groups is 1. The molecule has 2 aliphatic rings. The third-order valence-corrected chi connectivity index (χ3v) is 6.53. The first-order chi connectivity index (χ1) is 12.2. The number of ether oxygens (including phenoxy) is 1. The number of hydrogen-bond acceptors (Lipinski definition) is 3. The van der Waals surface area contributed by atoms with E-state index < -0.39 is 0 Å². The largest absolute Gasteiger partial charge is 0.374 e. The van der Waals surface area contributed by atoms with Crippen LogP contribution in [0.15, 0.2) is 30.3 Å². The van der Waals surface area contributed by atoms with Gasteiger partial charge in [-0.2, -0.15) is 0 Å². The van der Waals surface area contributed by atoms with Crippen molar-refractivity contribution in [2.75, 3.05) is 19.7 Å². The Bertz CT molecular complexity index is 738. The van der Waals surface area contributed by atoms with Gasteiger partial charge in [0.15, 0.2) is 0 Å². The lowest BCUT2D eigenvalue weighted by Crippen LogP contribution is -2.27. The van der Waals surface area contributed by atoms with Crippen LogP contribution in [0, 0.1) is 6.92 Å². The van der Waals surface area contributed by atoms with E-state index in [-0.39, 0.29) is 12.0 Å². The van der Waals surface area contributed by atoms with Crippen LogP contribution in [-0.4, -0.2) is 30.5 Å². The van der Waals surface area contributed by atoms with Gasteiger partial charge in [-0.15, -0.1) is 11.3 Å². The van der Waals surface area contributed by atoms with E-state index in [1.54, 1.807) is 11.3 Å². The Morgan fingerprint density at radius 1 is 1.12 bits per heavy atom. The van der Waals surface area contributed by atoms with Gasteiger partial charge in [-0.3, -0.25) is 4.79 Å². The Morgan fingerprint density at radius 2 is 1.88 bits per heavy atom. The van der Waals surface area contributed by atoms with Crippen LogP contribution in [-0.2, 0) is 4.74 Å². The molecule has 0 aliphatic carbocycles. The number of benzene rings is 1. The minimum Gasteiger partial charge on any atom is -0.374 e. The molecule has 0 radical (unpaired) electrons. The molecule has 2 saturated heterocycles. The molecule has 2 aliphatic heterocycles. The summed E-state index contributed by atoms with van der Waals surface area (Å²) in [7, 11) is 0. The van der Waals surface area contributed by atoms with Crippen molar-refractivity contribution in [3.8, 4) is 10.4 Å². The predicted octanol–water partition coefficient (Wildman–Crippen LogP) is 5.20. The lowest BCUT2D eigenvalue weighted by atomic mass is 10.00. The van der Waals surface area contributed by atoms with E-state index in [1.165, 1.54) is 28.8 Å². The summed E-state index contributed by atoms with van der Waals surface area (Å²) in [5.41, 5.74) is 3.55. The fourth-order valence-electron chi connectivity index (χ4n) is 3.77. The van der Waals surface area contributed by atoms with Gasteiger partial charge in [-0.05, 0) is 61.8 Å². The van der Waals surface area contributed by atoms with Crippen LogP contribution in [0.4, 0.5) is 0 Å². The summed E-state index contributed by atoms with van der Waals surface area (Å²) in [6.45, 7) is 4.73. The van der Waals surface area contributed by atoms with E-state index in [4.69, 9.17) is 4.74 Å². The van der Waals surface area contributed by atoms with Crippen LogP contribution in [0.2, 0.25) is 0 Å². The Balaban J connectivity index is 1.53. The normalized spacial score (nSPS) is 20.8. The van der Waals surface area contributed by atoms with E-state index in [0.29, 0.717) is 0 Å². The van der Waals surface area contributed by atoms with Crippen molar-refractivity contribution in [1.82, 2.24) is 4.90 Å². The first-order valence-corrected chi connectivity index (χ1v) is 10.2. The van der Waals surface area contributed by atoms with E-state index in [1.807, 2.05) is 11.8 Å². The summed E-state index contributed by atoms with van der Waals surface area (Å²) < 4.78 is 5.87. The van der Waals surface area contributed by atoms with Crippen LogP contribution >= 0.6 is 11.3 Å². The first kappa shape index (κ1) is 16.8. The van der Waals surface area contributed by atoms with Gasteiger partial charge >= 0.3 is 0 Å². The standard InChI is InChI=1S/C21H25NO2S/c1-15-14-19(25-20(15)21(23)22-11-3-4-12-22)17-9-7-16(8-10-17)18-6-2-5-13-24-18/h7-10,14,18H,2-6,11-13H2,1H3. The predicted molar refractivity (Wildman–Crippen MR) is 102 cm³/mol. The summed E-state index contributed by atoms with van der Waals surface area (Å²) >= 11 is 1.63. The number of thiophene rings is 1. The summed E-state index contributed by atoms with van der Waals surface area (Å²) in [4.78, 5) is 16.8. The molecule has 2 fully saturated rings. The van der Waals surface area contributed by atoms with Gasteiger partial charge in [0, 0.05) is 24.6 Å². The molecular weight excluding hydrogens is 330 g/mol. The molecule has 3 heterocycles. The zero-order valence-corrected chi connectivity index (χ0v) is 15.6. The molecule has 4 heteroatoms. The number of rotatable bonds is 3. The average Bonchev–Trinajstić information content (AvgIpc) is 3.32. The van der Waals surface area contributed by atoms with Crippen LogP contribution in [0.5, 0.6) is 0 Å². The molecule has 1 aromatic carbocycles. The van der Waals surface area contributed by atoms with Crippen molar-refractivity contribution in [1.29, 1.82) is 0 Å². The third-order valence-electron chi connectivity index (χ3n) is 5.25. The van der Waals surface area contributed by atoms with E-state index >= 15 is 0 Å². The SMILES string of the molecule is Cc1cc(-c2ccc(C3CCCCO3)cc2)sc1C(=O)N1CCCC1. The smallest absolute Gasteiger partial charge is 0.264 e. The fourth-order valence-corrected chi connectivity index (χ4v) is 4.91. The molecule has 1 amide bonds. The molecule has 132 valence electrons. The molecule has 0 saturated carbocycles. The first-order valence-electron chi connectivity index (χ1n) is 9.34. The molecular formula is C21H25NO2S. The Hall–Kier alpha value is -1.65. The van der Waals surface area contributed by atoms with E-state index in [2.05, 4.69) is 30.3 Å². The van der Waals surface area contributed by atoms with Crippen LogP contribution in [0.3, 0.4) is 0 Å². The van der Waals surface area contributed by atoms with E-state index in [0.717, 1.165) is 49.4 Å². The van der Waals surface area contributed by atoms with Gasteiger partial charge in [0.05, 0.1) is 11.0 Å². The van der Waals surface area contributed by atoms with Crippen LogP contribution in [0.1, 0.15) is 59.0 Å². The lowest BCUT2D eigenvalue weighted by Gasteiger charge is -2.23. The van der Waals surface area contributed by atoms with Gasteiger partial charge in [0.1, 0.15) is 0 Å². The summed E-state index contributed by atoms with van der Waals surface area (Å²) in [6.07, 6.45) is 6.06. The van der Waals surface area contributed by atoms with Crippen molar-refractivity contribution in [3.63, 3.8) is 0 Å². The van der Waals surface area contributed by atoms with Crippen molar-refractivity contribution >= 4 is 17.2 Å². The Kier molecular flexibility index (Phi) is 4.91. The monoisotopic (exact) mass is 355 g/mol. The molecule has 1 atom stereocenters. The second-order valence-electron chi connectivity index (χ2n) is 7.10. The Morgan fingerprint density at radius 3 is 2.56 bits per heavy atom. The highest BCUT2D eigenvalue weighted by atomic mass is 32.1. The topological polar surface area (TPSA) is 29.5 Å². The average molecular weight is 356 g/mol. The highest BCUT2D eigenvalue weighted by Crippen LogP contribution is 2.34. The number of carbonyl (C=O) groups excluding carboxylic acids is 1. The van der Waals surface area contributed by atoms with Gasteiger partial charge in [-0.25, -0.2) is 0 Å². The number of amides is 1. The maximum absolute atomic E-state index is 12.7.